The van der Waals surface area contributed by atoms with Gasteiger partial charge in [0.05, 0.1) is 11.5 Å². The predicted molar refractivity (Wildman–Crippen MR) is 102 cm³/mol. The molecule has 1 amide bonds. The average Bonchev–Trinajstić information content (AvgIpc) is 2.64. The van der Waals surface area contributed by atoms with Gasteiger partial charge in [0.15, 0.2) is 5.12 Å². The summed E-state index contributed by atoms with van der Waals surface area (Å²) in [5.41, 5.74) is 2.07. The van der Waals surface area contributed by atoms with Gasteiger partial charge in [0.1, 0.15) is 0 Å². The lowest BCUT2D eigenvalue weighted by atomic mass is 10.00. The quantitative estimate of drug-likeness (QED) is 0.745. The first-order valence-electron chi connectivity index (χ1n) is 8.23. The molecule has 2 aromatic carbocycles. The monoisotopic (exact) mass is 371 g/mol. The number of carboxylic acids is 1. The molecule has 1 unspecified atom stereocenters. The molecule has 0 heterocycles. The average molecular weight is 371 g/mol. The fourth-order valence-electron chi connectivity index (χ4n) is 2.44. The Bertz CT molecular complexity index is 759. The Kier molecular flexibility index (Phi) is 7.41. The summed E-state index contributed by atoms with van der Waals surface area (Å²) < 4.78 is 0. The Labute approximate surface area is 156 Å². The Hall–Kier alpha value is -2.60. The highest BCUT2D eigenvalue weighted by Gasteiger charge is 2.20. The van der Waals surface area contributed by atoms with Crippen LogP contribution in [0.25, 0.3) is 0 Å². The van der Waals surface area contributed by atoms with Crippen LogP contribution in [0.2, 0.25) is 0 Å². The van der Waals surface area contributed by atoms with E-state index in [9.17, 15) is 14.4 Å². The SMILES string of the molecule is CC(=O)SCC(Cc1ccccc1)C(=O)NCc1ccc(C(=O)O)cc1. The fraction of sp³-hybridized carbons (Fsp3) is 0.250. The number of hydrogen-bond acceptors (Lipinski definition) is 4. The van der Waals surface area contributed by atoms with Gasteiger partial charge in [0, 0.05) is 19.2 Å². The number of hydrogen-bond donors (Lipinski definition) is 2. The van der Waals surface area contributed by atoms with Crippen LogP contribution in [0, 0.1) is 5.92 Å². The highest BCUT2D eigenvalue weighted by Crippen LogP contribution is 2.16. The second kappa shape index (κ2) is 9.77. The van der Waals surface area contributed by atoms with Crippen LogP contribution in [0.4, 0.5) is 0 Å². The molecule has 0 fully saturated rings. The summed E-state index contributed by atoms with van der Waals surface area (Å²) in [7, 11) is 0. The topological polar surface area (TPSA) is 83.5 Å². The summed E-state index contributed by atoms with van der Waals surface area (Å²) in [6, 6.07) is 16.1. The molecular formula is C20H21NO4S. The molecule has 2 N–H and O–H groups in total. The van der Waals surface area contributed by atoms with Gasteiger partial charge in [0.2, 0.25) is 5.91 Å². The van der Waals surface area contributed by atoms with Gasteiger partial charge >= 0.3 is 5.97 Å². The van der Waals surface area contributed by atoms with E-state index in [1.165, 1.54) is 19.1 Å². The van der Waals surface area contributed by atoms with Crippen LogP contribution >= 0.6 is 11.8 Å². The van der Waals surface area contributed by atoms with Gasteiger partial charge < -0.3 is 10.4 Å². The normalized spacial score (nSPS) is 11.6. The third kappa shape index (κ3) is 6.37. The van der Waals surface area contributed by atoms with Gasteiger partial charge in [-0.15, -0.1) is 0 Å². The van der Waals surface area contributed by atoms with E-state index in [2.05, 4.69) is 5.32 Å². The molecule has 2 rings (SSSR count). The molecule has 1 atom stereocenters. The number of rotatable bonds is 8. The third-order valence-corrected chi connectivity index (χ3v) is 4.83. The van der Waals surface area contributed by atoms with E-state index in [1.807, 2.05) is 30.3 Å². The van der Waals surface area contributed by atoms with Gasteiger partial charge in [-0.2, -0.15) is 0 Å². The molecule has 6 heteroatoms. The fourth-order valence-corrected chi connectivity index (χ4v) is 3.15. The molecule has 0 saturated heterocycles. The van der Waals surface area contributed by atoms with Crippen LogP contribution in [0.15, 0.2) is 54.6 Å². The van der Waals surface area contributed by atoms with Crippen molar-refractivity contribution < 1.29 is 19.5 Å². The second-order valence-electron chi connectivity index (χ2n) is 5.91. The molecule has 0 aliphatic heterocycles. The van der Waals surface area contributed by atoms with E-state index >= 15 is 0 Å². The molecular weight excluding hydrogens is 350 g/mol. The van der Waals surface area contributed by atoms with Crippen molar-refractivity contribution in [2.24, 2.45) is 5.92 Å². The summed E-state index contributed by atoms with van der Waals surface area (Å²) >= 11 is 1.15. The molecule has 0 radical (unpaired) electrons. The number of carbonyl (C=O) groups excluding carboxylic acids is 2. The summed E-state index contributed by atoms with van der Waals surface area (Å²) in [5, 5.41) is 11.8. The van der Waals surface area contributed by atoms with Crippen LogP contribution in [0.1, 0.15) is 28.4 Å². The van der Waals surface area contributed by atoms with Crippen LogP contribution in [0.3, 0.4) is 0 Å². The maximum atomic E-state index is 12.6. The number of thioether (sulfide) groups is 1. The number of benzene rings is 2. The summed E-state index contributed by atoms with van der Waals surface area (Å²) in [5.74, 6) is -0.993. The van der Waals surface area contributed by atoms with Gasteiger partial charge in [-0.25, -0.2) is 4.79 Å². The van der Waals surface area contributed by atoms with Crippen molar-refractivity contribution in [3.05, 3.63) is 71.3 Å². The van der Waals surface area contributed by atoms with E-state index in [0.717, 1.165) is 22.9 Å². The minimum absolute atomic E-state index is 0.0138. The Morgan fingerprint density at radius 2 is 1.65 bits per heavy atom. The highest BCUT2D eigenvalue weighted by atomic mass is 32.2. The van der Waals surface area contributed by atoms with Crippen molar-refractivity contribution in [2.75, 3.05) is 5.75 Å². The minimum Gasteiger partial charge on any atom is -0.478 e. The van der Waals surface area contributed by atoms with Crippen molar-refractivity contribution in [1.29, 1.82) is 0 Å². The maximum absolute atomic E-state index is 12.6. The van der Waals surface area contributed by atoms with Crippen LogP contribution in [-0.4, -0.2) is 27.9 Å². The van der Waals surface area contributed by atoms with Crippen molar-refractivity contribution in [3.63, 3.8) is 0 Å². The van der Waals surface area contributed by atoms with Gasteiger partial charge in [-0.05, 0) is 29.7 Å². The smallest absolute Gasteiger partial charge is 0.335 e. The molecule has 0 aromatic heterocycles. The summed E-state index contributed by atoms with van der Waals surface area (Å²) in [4.78, 5) is 34.7. The van der Waals surface area contributed by atoms with Crippen LogP contribution in [0.5, 0.6) is 0 Å². The second-order valence-corrected chi connectivity index (χ2v) is 7.11. The lowest BCUT2D eigenvalue weighted by Crippen LogP contribution is -2.33. The Morgan fingerprint density at radius 1 is 1.00 bits per heavy atom. The molecule has 0 aliphatic rings. The summed E-state index contributed by atoms with van der Waals surface area (Å²) in [6.45, 7) is 1.81. The molecule has 5 nitrogen and oxygen atoms in total. The zero-order valence-corrected chi connectivity index (χ0v) is 15.3. The first kappa shape index (κ1) is 19.7. The third-order valence-electron chi connectivity index (χ3n) is 3.85. The van der Waals surface area contributed by atoms with Gasteiger partial charge in [-0.1, -0.05) is 54.2 Å². The maximum Gasteiger partial charge on any atom is 0.335 e. The van der Waals surface area contributed by atoms with Crippen molar-refractivity contribution >= 4 is 28.8 Å². The first-order chi connectivity index (χ1) is 12.5. The molecule has 0 spiro atoms. The molecule has 26 heavy (non-hydrogen) atoms. The van der Waals surface area contributed by atoms with E-state index in [0.29, 0.717) is 18.7 Å². The number of carbonyl (C=O) groups is 3. The minimum atomic E-state index is -0.982. The predicted octanol–water partition coefficient (Wildman–Crippen LogP) is 3.14. The molecule has 0 bridgehead atoms. The largest absolute Gasteiger partial charge is 0.478 e. The highest BCUT2D eigenvalue weighted by molar-refractivity contribution is 8.13. The number of nitrogens with one attached hydrogen (secondary N) is 1. The van der Waals surface area contributed by atoms with E-state index in [-0.39, 0.29) is 22.5 Å². The Morgan fingerprint density at radius 3 is 2.23 bits per heavy atom. The number of amides is 1. The standard InChI is InChI=1S/C20H21NO4S/c1-14(22)26-13-18(11-15-5-3-2-4-6-15)19(23)21-12-16-7-9-17(10-8-16)20(24)25/h2-10,18H,11-13H2,1H3,(H,21,23)(H,24,25). The lowest BCUT2D eigenvalue weighted by molar-refractivity contribution is -0.124. The van der Waals surface area contributed by atoms with Gasteiger partial charge in [-0.3, -0.25) is 9.59 Å². The molecule has 2 aromatic rings. The molecule has 136 valence electrons. The van der Waals surface area contributed by atoms with Crippen molar-refractivity contribution in [3.8, 4) is 0 Å². The van der Waals surface area contributed by atoms with Gasteiger partial charge in [0.25, 0.3) is 0 Å². The molecule has 0 aliphatic carbocycles. The zero-order valence-electron chi connectivity index (χ0n) is 14.5. The Balaban J connectivity index is 1.98. The number of aromatic carboxylic acids is 1. The van der Waals surface area contributed by atoms with Crippen LogP contribution in [-0.2, 0) is 22.6 Å². The lowest BCUT2D eigenvalue weighted by Gasteiger charge is -2.16. The van der Waals surface area contributed by atoms with Crippen LogP contribution < -0.4 is 5.32 Å². The van der Waals surface area contributed by atoms with E-state index < -0.39 is 5.97 Å². The first-order valence-corrected chi connectivity index (χ1v) is 9.21. The van der Waals surface area contributed by atoms with Crippen molar-refractivity contribution in [1.82, 2.24) is 5.32 Å². The van der Waals surface area contributed by atoms with E-state index in [1.54, 1.807) is 12.1 Å². The summed E-state index contributed by atoms with van der Waals surface area (Å²) in [6.07, 6.45) is 0.560. The number of carboxylic acid groups (broad SMARTS) is 1. The zero-order chi connectivity index (χ0) is 18.9. The van der Waals surface area contributed by atoms with Crippen molar-refractivity contribution in [2.45, 2.75) is 19.9 Å². The molecule has 0 saturated carbocycles. The van der Waals surface area contributed by atoms with E-state index in [4.69, 9.17) is 5.11 Å².